The number of amides is 1. The molecule has 2 atom stereocenters. The van der Waals surface area contributed by atoms with E-state index in [2.05, 4.69) is 5.32 Å². The molecule has 0 bridgehead atoms. The van der Waals surface area contributed by atoms with Gasteiger partial charge in [0.05, 0.1) is 20.8 Å². The van der Waals surface area contributed by atoms with Gasteiger partial charge in [0.1, 0.15) is 0 Å². The highest BCUT2D eigenvalue weighted by atomic mass is 35.5. The average Bonchev–Trinajstić information content (AvgIpc) is 3.26. The summed E-state index contributed by atoms with van der Waals surface area (Å²) in [4.78, 5) is 12.3. The second-order valence-corrected chi connectivity index (χ2v) is 6.32. The Bertz CT molecular complexity index is 687. The number of nitrogens with one attached hydrogen (secondary N) is 1. The monoisotopic (exact) mass is 339 g/mol. The number of anilines is 1. The summed E-state index contributed by atoms with van der Waals surface area (Å²) in [5.74, 6) is 0.231. The third-order valence-corrected chi connectivity index (χ3v) is 4.66. The van der Waals surface area contributed by atoms with Crippen LogP contribution in [0.4, 0.5) is 5.69 Å². The Morgan fingerprint density at radius 2 is 1.67 bits per heavy atom. The molecule has 21 heavy (non-hydrogen) atoms. The predicted octanol–water partition coefficient (Wildman–Crippen LogP) is 5.39. The first kappa shape index (κ1) is 14.7. The normalized spacial score (nSPS) is 20.1. The molecule has 0 aliphatic heterocycles. The van der Waals surface area contributed by atoms with Crippen LogP contribution in [0.5, 0.6) is 0 Å². The lowest BCUT2D eigenvalue weighted by molar-refractivity contribution is -0.117. The van der Waals surface area contributed by atoms with E-state index in [1.807, 2.05) is 30.3 Å². The van der Waals surface area contributed by atoms with Crippen LogP contribution in [0.15, 0.2) is 42.5 Å². The van der Waals surface area contributed by atoms with Gasteiger partial charge in [-0.1, -0.05) is 65.1 Å². The maximum atomic E-state index is 12.3. The van der Waals surface area contributed by atoms with Gasteiger partial charge in [0.2, 0.25) is 5.91 Å². The number of carbonyl (C=O) groups excluding carboxylic acids is 1. The van der Waals surface area contributed by atoms with E-state index in [1.54, 1.807) is 6.07 Å². The molecule has 1 aliphatic carbocycles. The van der Waals surface area contributed by atoms with Crippen molar-refractivity contribution in [1.29, 1.82) is 0 Å². The van der Waals surface area contributed by atoms with E-state index in [0.717, 1.165) is 6.42 Å². The van der Waals surface area contributed by atoms with Crippen molar-refractivity contribution in [2.75, 3.05) is 5.32 Å². The second-order valence-electron chi connectivity index (χ2n) is 5.09. The fourth-order valence-electron chi connectivity index (χ4n) is 2.40. The molecule has 0 saturated heterocycles. The average molecular weight is 341 g/mol. The minimum absolute atomic E-state index is 0.0158. The van der Waals surface area contributed by atoms with Crippen molar-refractivity contribution in [3.05, 3.63) is 63.1 Å². The Kier molecular flexibility index (Phi) is 4.12. The lowest BCUT2D eigenvalue weighted by Gasteiger charge is -2.08. The Morgan fingerprint density at radius 1 is 1.00 bits per heavy atom. The Hall–Kier alpha value is -1.22. The summed E-state index contributed by atoms with van der Waals surface area (Å²) >= 11 is 17.9. The highest BCUT2D eigenvalue weighted by Gasteiger charge is 2.43. The van der Waals surface area contributed by atoms with Crippen LogP contribution >= 0.6 is 34.8 Å². The second kappa shape index (κ2) is 5.88. The van der Waals surface area contributed by atoms with Crippen LogP contribution in [0.2, 0.25) is 15.1 Å². The van der Waals surface area contributed by atoms with Crippen molar-refractivity contribution in [3.8, 4) is 0 Å². The van der Waals surface area contributed by atoms with Crippen LogP contribution in [0, 0.1) is 5.92 Å². The number of benzene rings is 2. The summed E-state index contributed by atoms with van der Waals surface area (Å²) in [6, 6.07) is 13.1. The van der Waals surface area contributed by atoms with Crippen molar-refractivity contribution in [1.82, 2.24) is 0 Å². The molecule has 0 radical (unpaired) electrons. The van der Waals surface area contributed by atoms with E-state index in [9.17, 15) is 4.79 Å². The van der Waals surface area contributed by atoms with Gasteiger partial charge >= 0.3 is 0 Å². The summed E-state index contributed by atoms with van der Waals surface area (Å²) in [5, 5.41) is 3.95. The Balaban J connectivity index is 1.70. The van der Waals surface area contributed by atoms with E-state index in [0.29, 0.717) is 20.8 Å². The zero-order chi connectivity index (χ0) is 15.0. The highest BCUT2D eigenvalue weighted by molar-refractivity contribution is 6.44. The molecule has 1 fully saturated rings. The predicted molar refractivity (Wildman–Crippen MR) is 87.4 cm³/mol. The van der Waals surface area contributed by atoms with Crippen molar-refractivity contribution in [2.24, 2.45) is 5.92 Å². The van der Waals surface area contributed by atoms with E-state index >= 15 is 0 Å². The third-order valence-electron chi connectivity index (χ3n) is 3.62. The molecule has 2 aromatic rings. The van der Waals surface area contributed by atoms with Crippen LogP contribution in [0.1, 0.15) is 17.9 Å². The van der Waals surface area contributed by atoms with E-state index in [1.165, 1.54) is 11.6 Å². The van der Waals surface area contributed by atoms with Gasteiger partial charge in [-0.05, 0) is 30.0 Å². The number of halogens is 3. The molecule has 0 heterocycles. The summed E-state index contributed by atoms with van der Waals surface area (Å²) in [6.07, 6.45) is 0.856. The van der Waals surface area contributed by atoms with Crippen molar-refractivity contribution in [2.45, 2.75) is 12.3 Å². The van der Waals surface area contributed by atoms with Gasteiger partial charge < -0.3 is 5.32 Å². The molecule has 0 aromatic heterocycles. The van der Waals surface area contributed by atoms with Gasteiger partial charge in [0.25, 0.3) is 0 Å². The van der Waals surface area contributed by atoms with Crippen molar-refractivity contribution in [3.63, 3.8) is 0 Å². The first-order valence-corrected chi connectivity index (χ1v) is 7.70. The van der Waals surface area contributed by atoms with E-state index in [4.69, 9.17) is 34.8 Å². The molecule has 1 amide bonds. The van der Waals surface area contributed by atoms with Gasteiger partial charge in [0, 0.05) is 5.92 Å². The van der Waals surface area contributed by atoms with Gasteiger partial charge in [-0.25, -0.2) is 0 Å². The number of hydrogen-bond donors (Lipinski definition) is 1. The van der Waals surface area contributed by atoms with E-state index < -0.39 is 0 Å². The van der Waals surface area contributed by atoms with Crippen LogP contribution in [-0.4, -0.2) is 5.91 Å². The van der Waals surface area contributed by atoms with Crippen LogP contribution in [0.25, 0.3) is 0 Å². The van der Waals surface area contributed by atoms with Gasteiger partial charge in [-0.3, -0.25) is 4.79 Å². The van der Waals surface area contributed by atoms with E-state index in [-0.39, 0.29) is 17.7 Å². The molecule has 5 heteroatoms. The molecule has 1 N–H and O–H groups in total. The lowest BCUT2D eigenvalue weighted by Crippen LogP contribution is -2.14. The van der Waals surface area contributed by atoms with Gasteiger partial charge in [-0.2, -0.15) is 0 Å². The zero-order valence-electron chi connectivity index (χ0n) is 10.9. The summed E-state index contributed by atoms with van der Waals surface area (Å²) in [6.45, 7) is 0. The molecule has 108 valence electrons. The van der Waals surface area contributed by atoms with Gasteiger partial charge in [0.15, 0.2) is 0 Å². The summed E-state index contributed by atoms with van der Waals surface area (Å²) in [5.41, 5.74) is 1.69. The number of hydrogen-bond acceptors (Lipinski definition) is 1. The van der Waals surface area contributed by atoms with Gasteiger partial charge in [-0.15, -0.1) is 0 Å². The number of rotatable bonds is 3. The Labute approximate surface area is 138 Å². The van der Waals surface area contributed by atoms with Crippen LogP contribution in [0.3, 0.4) is 0 Å². The quantitative estimate of drug-likeness (QED) is 0.746. The SMILES string of the molecule is O=C(Nc1cc(Cl)c(Cl)cc1Cl)[C@H]1C[C@@H]1c1ccccc1. The molecule has 0 spiro atoms. The minimum atomic E-state index is -0.0378. The van der Waals surface area contributed by atoms with Crippen molar-refractivity contribution < 1.29 is 4.79 Å². The Morgan fingerprint density at radius 3 is 2.38 bits per heavy atom. The third kappa shape index (κ3) is 3.18. The molecule has 1 saturated carbocycles. The minimum Gasteiger partial charge on any atom is -0.324 e. The smallest absolute Gasteiger partial charge is 0.228 e. The fourth-order valence-corrected chi connectivity index (χ4v) is 2.99. The highest BCUT2D eigenvalue weighted by Crippen LogP contribution is 2.48. The van der Waals surface area contributed by atoms with Crippen LogP contribution < -0.4 is 5.32 Å². The first-order chi connectivity index (χ1) is 10.1. The topological polar surface area (TPSA) is 29.1 Å². The lowest BCUT2D eigenvalue weighted by atomic mass is 10.1. The standard InChI is InChI=1S/C16H12Cl3NO/c17-12-7-14(19)15(8-13(12)18)20-16(21)11-6-10(11)9-4-2-1-3-5-9/h1-5,7-8,10-11H,6H2,(H,20,21)/t10-,11+/m1/s1. The summed E-state index contributed by atoms with van der Waals surface area (Å²) < 4.78 is 0. The molecular formula is C16H12Cl3NO. The molecule has 2 aromatic carbocycles. The zero-order valence-corrected chi connectivity index (χ0v) is 13.2. The maximum absolute atomic E-state index is 12.3. The number of carbonyl (C=O) groups is 1. The van der Waals surface area contributed by atoms with Crippen molar-refractivity contribution >= 4 is 46.4 Å². The molecular weight excluding hydrogens is 329 g/mol. The fraction of sp³-hybridized carbons (Fsp3) is 0.188. The largest absolute Gasteiger partial charge is 0.324 e. The maximum Gasteiger partial charge on any atom is 0.228 e. The van der Waals surface area contributed by atoms with Crippen LogP contribution in [-0.2, 0) is 4.79 Å². The molecule has 0 unspecified atom stereocenters. The molecule has 1 aliphatic rings. The summed E-state index contributed by atoms with van der Waals surface area (Å²) in [7, 11) is 0. The molecule has 2 nitrogen and oxygen atoms in total. The molecule has 3 rings (SSSR count). The first-order valence-electron chi connectivity index (χ1n) is 6.56.